The summed E-state index contributed by atoms with van der Waals surface area (Å²) < 4.78 is 10.6. The molecule has 1 aliphatic heterocycles. The Kier molecular flexibility index (Phi) is 2.76. The molecule has 2 N–H and O–H groups in total. The predicted octanol–water partition coefficient (Wildman–Crippen LogP) is 2.13. The van der Waals surface area contributed by atoms with Crippen LogP contribution < -0.4 is 5.73 Å². The highest BCUT2D eigenvalue weighted by Crippen LogP contribution is 2.26. The van der Waals surface area contributed by atoms with E-state index in [0.717, 1.165) is 35.7 Å². The Hall–Kier alpha value is -1.88. The molecule has 1 fully saturated rings. The van der Waals surface area contributed by atoms with Gasteiger partial charge in [0, 0.05) is 23.8 Å². The van der Waals surface area contributed by atoms with E-state index >= 15 is 0 Å². The van der Waals surface area contributed by atoms with Crippen molar-refractivity contribution >= 4 is 5.69 Å². The lowest BCUT2D eigenvalue weighted by atomic mass is 10.1. The predicted molar refractivity (Wildman–Crippen MR) is 67.1 cm³/mol. The Morgan fingerprint density at radius 1 is 1.39 bits per heavy atom. The number of anilines is 1. The summed E-state index contributed by atoms with van der Waals surface area (Å²) in [6.45, 7) is 3.41. The molecule has 5 nitrogen and oxygen atoms in total. The highest BCUT2D eigenvalue weighted by atomic mass is 16.5. The first-order chi connectivity index (χ1) is 8.74. The van der Waals surface area contributed by atoms with E-state index in [-0.39, 0.29) is 5.92 Å². The van der Waals surface area contributed by atoms with Gasteiger partial charge in [0.25, 0.3) is 5.89 Å². The SMILES string of the molecule is Cc1cc(-c2nc(C3CCOC3)no2)ccc1N. The molecule has 2 heterocycles. The van der Waals surface area contributed by atoms with Crippen LogP contribution in [0.2, 0.25) is 0 Å². The smallest absolute Gasteiger partial charge is 0.257 e. The Balaban J connectivity index is 1.89. The third-order valence-electron chi connectivity index (χ3n) is 3.25. The van der Waals surface area contributed by atoms with Gasteiger partial charge in [-0.25, -0.2) is 0 Å². The van der Waals surface area contributed by atoms with Gasteiger partial charge in [-0.1, -0.05) is 5.16 Å². The van der Waals surface area contributed by atoms with E-state index in [1.54, 1.807) is 0 Å². The Morgan fingerprint density at radius 3 is 3.00 bits per heavy atom. The van der Waals surface area contributed by atoms with Crippen molar-refractivity contribution < 1.29 is 9.26 Å². The van der Waals surface area contributed by atoms with E-state index < -0.39 is 0 Å². The molecular weight excluding hydrogens is 230 g/mol. The maximum Gasteiger partial charge on any atom is 0.257 e. The summed E-state index contributed by atoms with van der Waals surface area (Å²) in [5, 5.41) is 4.03. The van der Waals surface area contributed by atoms with Crippen LogP contribution in [-0.2, 0) is 4.74 Å². The van der Waals surface area contributed by atoms with E-state index in [2.05, 4.69) is 10.1 Å². The molecule has 1 saturated heterocycles. The largest absolute Gasteiger partial charge is 0.399 e. The summed E-state index contributed by atoms with van der Waals surface area (Å²) in [6, 6.07) is 5.70. The topological polar surface area (TPSA) is 74.2 Å². The summed E-state index contributed by atoms with van der Waals surface area (Å²) in [4.78, 5) is 4.43. The van der Waals surface area contributed by atoms with Crippen molar-refractivity contribution in [1.29, 1.82) is 0 Å². The zero-order valence-corrected chi connectivity index (χ0v) is 10.2. The van der Waals surface area contributed by atoms with Crippen LogP contribution >= 0.6 is 0 Å². The van der Waals surface area contributed by atoms with Crippen molar-refractivity contribution in [1.82, 2.24) is 10.1 Å². The van der Waals surface area contributed by atoms with Crippen LogP contribution in [0.25, 0.3) is 11.5 Å². The molecule has 1 atom stereocenters. The van der Waals surface area contributed by atoms with E-state index in [0.29, 0.717) is 12.5 Å². The van der Waals surface area contributed by atoms with Gasteiger partial charge in [0.05, 0.1) is 6.61 Å². The molecule has 2 aromatic rings. The maximum absolute atomic E-state index is 5.79. The minimum atomic E-state index is 0.261. The number of hydrogen-bond donors (Lipinski definition) is 1. The first-order valence-electron chi connectivity index (χ1n) is 6.02. The molecule has 1 aliphatic rings. The van der Waals surface area contributed by atoms with Crippen molar-refractivity contribution in [3.05, 3.63) is 29.6 Å². The quantitative estimate of drug-likeness (QED) is 0.820. The molecular formula is C13H15N3O2. The minimum absolute atomic E-state index is 0.261. The molecule has 0 bridgehead atoms. The van der Waals surface area contributed by atoms with Crippen molar-refractivity contribution in [2.24, 2.45) is 0 Å². The van der Waals surface area contributed by atoms with Crippen molar-refractivity contribution in [2.75, 3.05) is 18.9 Å². The van der Waals surface area contributed by atoms with Crippen LogP contribution in [0.4, 0.5) is 5.69 Å². The number of aromatic nitrogens is 2. The highest BCUT2D eigenvalue weighted by molar-refractivity contribution is 5.60. The van der Waals surface area contributed by atoms with Gasteiger partial charge in [-0.2, -0.15) is 4.98 Å². The third-order valence-corrected chi connectivity index (χ3v) is 3.25. The van der Waals surface area contributed by atoms with Crippen LogP contribution in [0.3, 0.4) is 0 Å². The lowest BCUT2D eigenvalue weighted by molar-refractivity contribution is 0.192. The van der Waals surface area contributed by atoms with Gasteiger partial charge >= 0.3 is 0 Å². The Bertz CT molecular complexity index is 559. The number of nitrogens with two attached hydrogens (primary N) is 1. The molecule has 94 valence electrons. The molecule has 0 spiro atoms. The number of ether oxygens (including phenoxy) is 1. The summed E-state index contributed by atoms with van der Waals surface area (Å²) in [6.07, 6.45) is 0.958. The number of nitrogens with zero attached hydrogens (tertiary/aromatic N) is 2. The molecule has 0 saturated carbocycles. The van der Waals surface area contributed by atoms with Gasteiger partial charge in [-0.15, -0.1) is 0 Å². The average molecular weight is 245 g/mol. The van der Waals surface area contributed by atoms with E-state index in [1.165, 1.54) is 0 Å². The van der Waals surface area contributed by atoms with Gasteiger partial charge in [0.2, 0.25) is 0 Å². The van der Waals surface area contributed by atoms with E-state index in [4.69, 9.17) is 15.0 Å². The van der Waals surface area contributed by atoms with Crippen molar-refractivity contribution in [3.63, 3.8) is 0 Å². The van der Waals surface area contributed by atoms with Crippen LogP contribution in [0.1, 0.15) is 23.7 Å². The highest BCUT2D eigenvalue weighted by Gasteiger charge is 2.23. The van der Waals surface area contributed by atoms with Crippen LogP contribution in [0.5, 0.6) is 0 Å². The molecule has 3 rings (SSSR count). The number of hydrogen-bond acceptors (Lipinski definition) is 5. The number of aryl methyl sites for hydroxylation is 1. The summed E-state index contributed by atoms with van der Waals surface area (Å²) >= 11 is 0. The second kappa shape index (κ2) is 4.42. The van der Waals surface area contributed by atoms with Gasteiger partial charge < -0.3 is 15.0 Å². The summed E-state index contributed by atoms with van der Waals surface area (Å²) in [5.74, 6) is 1.54. The molecule has 18 heavy (non-hydrogen) atoms. The lowest BCUT2D eigenvalue weighted by Gasteiger charge is -2.01. The van der Waals surface area contributed by atoms with E-state index in [9.17, 15) is 0 Å². The molecule has 1 aromatic heterocycles. The van der Waals surface area contributed by atoms with Crippen LogP contribution in [-0.4, -0.2) is 23.4 Å². The average Bonchev–Trinajstić information content (AvgIpc) is 3.01. The fourth-order valence-electron chi connectivity index (χ4n) is 2.06. The third kappa shape index (κ3) is 1.97. The Labute approximate surface area is 105 Å². The Morgan fingerprint density at radius 2 is 2.28 bits per heavy atom. The number of nitrogen functional groups attached to an aromatic ring is 1. The van der Waals surface area contributed by atoms with Crippen molar-refractivity contribution in [2.45, 2.75) is 19.3 Å². The molecule has 5 heteroatoms. The standard InChI is InChI=1S/C13H15N3O2/c1-8-6-9(2-3-11(8)14)13-15-12(16-18-13)10-4-5-17-7-10/h2-3,6,10H,4-5,7,14H2,1H3. The van der Waals surface area contributed by atoms with Crippen LogP contribution in [0.15, 0.2) is 22.7 Å². The zero-order valence-electron chi connectivity index (χ0n) is 10.2. The van der Waals surface area contributed by atoms with Gasteiger partial charge in [-0.05, 0) is 37.1 Å². The molecule has 1 aromatic carbocycles. The fraction of sp³-hybridized carbons (Fsp3) is 0.385. The fourth-order valence-corrected chi connectivity index (χ4v) is 2.06. The van der Waals surface area contributed by atoms with Gasteiger partial charge in [0.15, 0.2) is 5.82 Å². The molecule has 0 radical (unpaired) electrons. The monoisotopic (exact) mass is 245 g/mol. The molecule has 0 amide bonds. The normalized spacial score (nSPS) is 19.3. The van der Waals surface area contributed by atoms with Crippen LogP contribution in [0, 0.1) is 6.92 Å². The summed E-state index contributed by atoms with van der Waals surface area (Å²) in [5.41, 5.74) is 8.47. The second-order valence-corrected chi connectivity index (χ2v) is 4.59. The number of rotatable bonds is 2. The molecule has 0 aliphatic carbocycles. The van der Waals surface area contributed by atoms with E-state index in [1.807, 2.05) is 25.1 Å². The first-order valence-corrected chi connectivity index (χ1v) is 6.02. The lowest BCUT2D eigenvalue weighted by Crippen LogP contribution is -1.99. The van der Waals surface area contributed by atoms with Gasteiger partial charge in [0.1, 0.15) is 0 Å². The molecule has 1 unspecified atom stereocenters. The maximum atomic E-state index is 5.79. The minimum Gasteiger partial charge on any atom is -0.399 e. The first kappa shape index (κ1) is 11.2. The van der Waals surface area contributed by atoms with Gasteiger partial charge in [-0.3, -0.25) is 0 Å². The van der Waals surface area contributed by atoms with Crippen molar-refractivity contribution in [3.8, 4) is 11.5 Å². The summed E-state index contributed by atoms with van der Waals surface area (Å²) in [7, 11) is 0. The zero-order chi connectivity index (χ0) is 12.5. The number of benzene rings is 1. The second-order valence-electron chi connectivity index (χ2n) is 4.59.